The van der Waals surface area contributed by atoms with Crippen LogP contribution in [0, 0.1) is 0 Å². The summed E-state index contributed by atoms with van der Waals surface area (Å²) >= 11 is 6.21. The summed E-state index contributed by atoms with van der Waals surface area (Å²) in [6, 6.07) is 20.4. The Morgan fingerprint density at radius 3 is 2.52 bits per heavy atom. The molecule has 1 atom stereocenters. The van der Waals surface area contributed by atoms with Crippen LogP contribution in [-0.2, 0) is 0 Å². The number of amides is 1. The van der Waals surface area contributed by atoms with Crippen LogP contribution in [0.25, 0.3) is 0 Å². The molecule has 2 aromatic carbocycles. The molecule has 4 rings (SSSR count). The summed E-state index contributed by atoms with van der Waals surface area (Å²) in [5, 5.41) is 6.48. The van der Waals surface area contributed by atoms with Crippen LogP contribution < -0.4 is 0 Å². The Balaban J connectivity index is 1.75. The fraction of sp³-hybridized carbons (Fsp3) is 0.100. The minimum Gasteiger partial charge on any atom is -0.463 e. The van der Waals surface area contributed by atoms with E-state index in [9.17, 15) is 4.79 Å². The van der Waals surface area contributed by atoms with Gasteiger partial charge in [-0.1, -0.05) is 54.1 Å². The van der Waals surface area contributed by atoms with Crippen molar-refractivity contribution in [1.29, 1.82) is 0 Å². The van der Waals surface area contributed by atoms with Crippen LogP contribution in [0.1, 0.15) is 34.1 Å². The lowest BCUT2D eigenvalue weighted by Crippen LogP contribution is -2.27. The lowest BCUT2D eigenvalue weighted by molar-refractivity contribution is 0.0711. The molecule has 0 saturated carbocycles. The first-order valence-corrected chi connectivity index (χ1v) is 8.36. The molecule has 5 heteroatoms. The average Bonchev–Trinajstić information content (AvgIpc) is 3.32. The van der Waals surface area contributed by atoms with E-state index < -0.39 is 0 Å². The molecule has 0 saturated heterocycles. The van der Waals surface area contributed by atoms with E-state index in [0.29, 0.717) is 22.8 Å². The number of benzene rings is 2. The van der Waals surface area contributed by atoms with Gasteiger partial charge in [0.05, 0.1) is 22.9 Å². The highest BCUT2D eigenvalue weighted by atomic mass is 35.5. The lowest BCUT2D eigenvalue weighted by atomic mass is 10.0. The van der Waals surface area contributed by atoms with Gasteiger partial charge in [-0.25, -0.2) is 5.01 Å². The van der Waals surface area contributed by atoms with Gasteiger partial charge in [0.2, 0.25) is 0 Å². The fourth-order valence-electron chi connectivity index (χ4n) is 2.98. The average molecular weight is 351 g/mol. The molecule has 0 bridgehead atoms. The number of carbonyl (C=O) groups is 1. The summed E-state index contributed by atoms with van der Waals surface area (Å²) in [5.41, 5.74) is 2.21. The van der Waals surface area contributed by atoms with Gasteiger partial charge < -0.3 is 4.42 Å². The first-order chi connectivity index (χ1) is 12.2. The van der Waals surface area contributed by atoms with Gasteiger partial charge in [-0.15, -0.1) is 0 Å². The molecule has 1 aromatic heterocycles. The molecule has 0 N–H and O–H groups in total. The molecule has 2 heterocycles. The van der Waals surface area contributed by atoms with E-state index in [0.717, 1.165) is 11.3 Å². The van der Waals surface area contributed by atoms with E-state index in [2.05, 4.69) is 5.10 Å². The third-order valence-electron chi connectivity index (χ3n) is 4.21. The Bertz CT molecular complexity index is 920. The smallest absolute Gasteiger partial charge is 0.276 e. The van der Waals surface area contributed by atoms with Crippen molar-refractivity contribution in [2.75, 3.05) is 0 Å². The Morgan fingerprint density at radius 1 is 1.04 bits per heavy atom. The zero-order valence-electron chi connectivity index (χ0n) is 13.3. The van der Waals surface area contributed by atoms with E-state index >= 15 is 0 Å². The minimum atomic E-state index is -0.221. The van der Waals surface area contributed by atoms with Gasteiger partial charge in [-0.3, -0.25) is 4.79 Å². The van der Waals surface area contributed by atoms with Crippen LogP contribution in [0.2, 0.25) is 5.02 Å². The fourth-order valence-corrected chi connectivity index (χ4v) is 3.20. The predicted molar refractivity (Wildman–Crippen MR) is 96.7 cm³/mol. The molecule has 4 nitrogen and oxygen atoms in total. The number of hydrogen-bond donors (Lipinski definition) is 0. The number of nitrogens with zero attached hydrogens (tertiary/aromatic N) is 2. The number of carbonyl (C=O) groups excluding carboxylic acids is 1. The number of hydrazone groups is 1. The molecule has 124 valence electrons. The summed E-state index contributed by atoms with van der Waals surface area (Å²) in [5.74, 6) is 0.455. The largest absolute Gasteiger partial charge is 0.463 e. The first kappa shape index (κ1) is 15.7. The van der Waals surface area contributed by atoms with Crippen molar-refractivity contribution in [2.45, 2.75) is 12.5 Å². The third kappa shape index (κ3) is 2.96. The first-order valence-electron chi connectivity index (χ1n) is 7.98. The molecule has 0 spiro atoms. The number of rotatable bonds is 3. The second-order valence-corrected chi connectivity index (χ2v) is 6.19. The normalized spacial score (nSPS) is 16.8. The minimum absolute atomic E-state index is 0.190. The van der Waals surface area contributed by atoms with Gasteiger partial charge in [-0.05, 0) is 29.8 Å². The van der Waals surface area contributed by atoms with E-state index in [1.54, 1.807) is 30.5 Å². The maximum Gasteiger partial charge on any atom is 0.276 e. The second kappa shape index (κ2) is 6.57. The molecule has 1 amide bonds. The van der Waals surface area contributed by atoms with E-state index in [4.69, 9.17) is 16.0 Å². The maximum absolute atomic E-state index is 13.1. The van der Waals surface area contributed by atoms with Gasteiger partial charge in [-0.2, -0.15) is 5.10 Å². The monoisotopic (exact) mass is 350 g/mol. The zero-order chi connectivity index (χ0) is 17.2. The summed E-state index contributed by atoms with van der Waals surface area (Å²) in [6.07, 6.45) is 2.20. The van der Waals surface area contributed by atoms with E-state index in [1.807, 2.05) is 42.5 Å². The van der Waals surface area contributed by atoms with Crippen molar-refractivity contribution < 1.29 is 9.21 Å². The Labute approximate surface area is 150 Å². The lowest BCUT2D eigenvalue weighted by Gasteiger charge is -2.22. The van der Waals surface area contributed by atoms with Gasteiger partial charge in [0.25, 0.3) is 5.91 Å². The topological polar surface area (TPSA) is 45.8 Å². The zero-order valence-corrected chi connectivity index (χ0v) is 14.1. The molecule has 3 aromatic rings. The predicted octanol–water partition coefficient (Wildman–Crippen LogP) is 4.92. The molecule has 25 heavy (non-hydrogen) atoms. The van der Waals surface area contributed by atoms with Crippen LogP contribution in [0.15, 0.2) is 82.5 Å². The van der Waals surface area contributed by atoms with Crippen LogP contribution >= 0.6 is 11.6 Å². The molecular weight excluding hydrogens is 336 g/mol. The van der Waals surface area contributed by atoms with Crippen molar-refractivity contribution >= 4 is 23.2 Å². The van der Waals surface area contributed by atoms with Crippen LogP contribution in [0.3, 0.4) is 0 Å². The standard InChI is InChI=1S/C20H15ClN2O2/c21-16-10-5-4-9-15(16)20(24)23-18(14-7-2-1-3-8-14)13-17(22-23)19-11-6-12-25-19/h1-12,18H,13H2/t18-/m0/s1. The van der Waals surface area contributed by atoms with Crippen LogP contribution in [0.4, 0.5) is 0 Å². The molecule has 0 aliphatic carbocycles. The van der Waals surface area contributed by atoms with E-state index in [1.165, 1.54) is 5.01 Å². The Morgan fingerprint density at radius 2 is 1.80 bits per heavy atom. The van der Waals surface area contributed by atoms with Gasteiger partial charge in [0.15, 0.2) is 0 Å². The SMILES string of the molecule is O=C(c1ccccc1Cl)N1N=C(c2ccco2)C[C@H]1c1ccccc1. The summed E-state index contributed by atoms with van der Waals surface area (Å²) in [6.45, 7) is 0. The highest BCUT2D eigenvalue weighted by Crippen LogP contribution is 2.34. The quantitative estimate of drug-likeness (QED) is 0.672. The van der Waals surface area contributed by atoms with Crippen molar-refractivity contribution in [2.24, 2.45) is 5.10 Å². The summed E-state index contributed by atoms with van der Waals surface area (Å²) in [4.78, 5) is 13.1. The van der Waals surface area contributed by atoms with Crippen molar-refractivity contribution in [3.63, 3.8) is 0 Å². The van der Waals surface area contributed by atoms with Crippen LogP contribution in [-0.4, -0.2) is 16.6 Å². The van der Waals surface area contributed by atoms with E-state index in [-0.39, 0.29) is 11.9 Å². The van der Waals surface area contributed by atoms with Crippen molar-refractivity contribution in [3.05, 3.63) is 94.9 Å². The molecule has 0 unspecified atom stereocenters. The highest BCUT2D eigenvalue weighted by molar-refractivity contribution is 6.33. The van der Waals surface area contributed by atoms with Crippen molar-refractivity contribution in [1.82, 2.24) is 5.01 Å². The highest BCUT2D eigenvalue weighted by Gasteiger charge is 2.35. The van der Waals surface area contributed by atoms with Gasteiger partial charge in [0.1, 0.15) is 11.5 Å². The Hall–Kier alpha value is -2.85. The Kier molecular flexibility index (Phi) is 4.12. The van der Waals surface area contributed by atoms with Crippen LogP contribution in [0.5, 0.6) is 0 Å². The summed E-state index contributed by atoms with van der Waals surface area (Å²) < 4.78 is 5.46. The number of furan rings is 1. The van der Waals surface area contributed by atoms with Gasteiger partial charge >= 0.3 is 0 Å². The molecule has 1 aliphatic heterocycles. The van der Waals surface area contributed by atoms with Gasteiger partial charge in [0, 0.05) is 6.42 Å². The third-order valence-corrected chi connectivity index (χ3v) is 4.54. The number of halogens is 1. The molecule has 0 radical (unpaired) electrons. The molecule has 1 aliphatic rings. The van der Waals surface area contributed by atoms with Crippen molar-refractivity contribution in [3.8, 4) is 0 Å². The molecular formula is C20H15ClN2O2. The second-order valence-electron chi connectivity index (χ2n) is 5.78. The summed E-state index contributed by atoms with van der Waals surface area (Å²) in [7, 11) is 0. The maximum atomic E-state index is 13.1. The molecule has 0 fully saturated rings. The number of hydrogen-bond acceptors (Lipinski definition) is 3.